The minimum atomic E-state index is -0.103. The lowest BCUT2D eigenvalue weighted by molar-refractivity contribution is 0.145. The van der Waals surface area contributed by atoms with Crippen molar-refractivity contribution in [1.82, 2.24) is 5.32 Å². The Morgan fingerprint density at radius 1 is 1.32 bits per heavy atom. The van der Waals surface area contributed by atoms with E-state index in [9.17, 15) is 5.11 Å². The van der Waals surface area contributed by atoms with E-state index in [1.165, 1.54) is 23.2 Å². The molecule has 1 aromatic carbocycles. The van der Waals surface area contributed by atoms with Crippen molar-refractivity contribution in [3.8, 4) is 0 Å². The van der Waals surface area contributed by atoms with Crippen LogP contribution < -0.4 is 10.2 Å². The van der Waals surface area contributed by atoms with Crippen molar-refractivity contribution in [1.29, 1.82) is 0 Å². The molecule has 1 aliphatic rings. The van der Waals surface area contributed by atoms with E-state index in [0.717, 1.165) is 39.0 Å². The molecular weight excluding hydrogens is 236 g/mol. The predicted octanol–water partition coefficient (Wildman–Crippen LogP) is 2.46. The zero-order valence-corrected chi connectivity index (χ0v) is 12.2. The molecule has 0 aliphatic carbocycles. The lowest BCUT2D eigenvalue weighted by Gasteiger charge is -2.32. The number of hydrogen-bond acceptors (Lipinski definition) is 3. The number of piperidine rings is 1. The maximum atomic E-state index is 9.57. The normalized spacial score (nSPS) is 16.9. The molecule has 2 N–H and O–H groups in total. The summed E-state index contributed by atoms with van der Waals surface area (Å²) in [6.45, 7) is 8.33. The number of aliphatic hydroxyl groups is 1. The Labute approximate surface area is 116 Å². The minimum absolute atomic E-state index is 0.103. The fourth-order valence-electron chi connectivity index (χ4n) is 2.70. The number of nitrogens with one attached hydrogen (secondary N) is 1. The lowest BCUT2D eigenvalue weighted by atomic mass is 10.0. The molecule has 0 saturated carbocycles. The second-order valence-corrected chi connectivity index (χ2v) is 5.52. The van der Waals surface area contributed by atoms with Crippen LogP contribution in [0.5, 0.6) is 0 Å². The number of hydrogen-bond donors (Lipinski definition) is 2. The Kier molecular flexibility index (Phi) is 5.23. The van der Waals surface area contributed by atoms with Gasteiger partial charge in [-0.25, -0.2) is 0 Å². The highest BCUT2D eigenvalue weighted by Crippen LogP contribution is 2.24. The van der Waals surface area contributed by atoms with E-state index >= 15 is 0 Å². The second kappa shape index (κ2) is 6.92. The highest BCUT2D eigenvalue weighted by atomic mass is 16.3. The topological polar surface area (TPSA) is 35.5 Å². The molecule has 1 heterocycles. The molecule has 0 spiro atoms. The smallest absolute Gasteiger partial charge is 0.0574 e. The van der Waals surface area contributed by atoms with Gasteiger partial charge in [0.1, 0.15) is 0 Å². The third-order valence-electron chi connectivity index (χ3n) is 3.82. The Morgan fingerprint density at radius 3 is 2.68 bits per heavy atom. The van der Waals surface area contributed by atoms with Gasteiger partial charge in [-0.3, -0.25) is 0 Å². The Balaban J connectivity index is 1.98. The van der Waals surface area contributed by atoms with Crippen molar-refractivity contribution in [3.05, 3.63) is 29.3 Å². The first-order valence-electron chi connectivity index (χ1n) is 7.44. The first kappa shape index (κ1) is 14.4. The molecule has 3 nitrogen and oxygen atoms in total. The van der Waals surface area contributed by atoms with Gasteiger partial charge in [-0.1, -0.05) is 19.1 Å². The van der Waals surface area contributed by atoms with Crippen LogP contribution in [0.1, 0.15) is 37.3 Å². The van der Waals surface area contributed by atoms with Gasteiger partial charge in [0.2, 0.25) is 0 Å². The van der Waals surface area contributed by atoms with E-state index in [4.69, 9.17) is 0 Å². The Bertz CT molecular complexity index is 398. The van der Waals surface area contributed by atoms with Crippen LogP contribution in [-0.4, -0.2) is 30.8 Å². The summed E-state index contributed by atoms with van der Waals surface area (Å²) >= 11 is 0. The molecule has 0 amide bonds. The van der Waals surface area contributed by atoms with Gasteiger partial charge in [0.25, 0.3) is 0 Å². The van der Waals surface area contributed by atoms with Crippen molar-refractivity contribution in [2.24, 2.45) is 0 Å². The highest BCUT2D eigenvalue weighted by Gasteiger charge is 2.18. The zero-order valence-electron chi connectivity index (χ0n) is 12.2. The van der Waals surface area contributed by atoms with Gasteiger partial charge in [-0.2, -0.15) is 0 Å². The molecule has 0 radical (unpaired) electrons. The molecule has 0 bridgehead atoms. The molecule has 0 unspecified atom stereocenters. The number of aliphatic hydroxyl groups excluding tert-OH is 1. The average molecular weight is 262 g/mol. The minimum Gasteiger partial charge on any atom is -0.393 e. The summed E-state index contributed by atoms with van der Waals surface area (Å²) in [6, 6.07) is 6.73. The standard InChI is InChI=1S/C16H26N2O/c1-3-8-17-12-14-4-5-16(13(2)11-14)18-9-6-15(19)7-10-18/h4-5,11,15,17,19H,3,6-10,12H2,1-2H3. The van der Waals surface area contributed by atoms with Crippen LogP contribution in [0.3, 0.4) is 0 Å². The summed E-state index contributed by atoms with van der Waals surface area (Å²) in [7, 11) is 0. The van der Waals surface area contributed by atoms with Gasteiger partial charge in [0, 0.05) is 25.3 Å². The van der Waals surface area contributed by atoms with Crippen molar-refractivity contribution in [3.63, 3.8) is 0 Å². The second-order valence-electron chi connectivity index (χ2n) is 5.52. The summed E-state index contributed by atoms with van der Waals surface area (Å²) in [4.78, 5) is 2.39. The SMILES string of the molecule is CCCNCc1ccc(N2CCC(O)CC2)c(C)c1. The maximum absolute atomic E-state index is 9.57. The van der Waals surface area contributed by atoms with Gasteiger partial charge >= 0.3 is 0 Å². The van der Waals surface area contributed by atoms with Crippen molar-refractivity contribution < 1.29 is 5.11 Å². The van der Waals surface area contributed by atoms with Crippen LogP contribution in [0.4, 0.5) is 5.69 Å². The zero-order chi connectivity index (χ0) is 13.7. The fraction of sp³-hybridized carbons (Fsp3) is 0.625. The Hall–Kier alpha value is -1.06. The molecule has 1 saturated heterocycles. The van der Waals surface area contributed by atoms with E-state index < -0.39 is 0 Å². The van der Waals surface area contributed by atoms with Crippen molar-refractivity contribution >= 4 is 5.69 Å². The number of nitrogens with zero attached hydrogens (tertiary/aromatic N) is 1. The predicted molar refractivity (Wildman–Crippen MR) is 80.6 cm³/mol. The van der Waals surface area contributed by atoms with Crippen LogP contribution in [0, 0.1) is 6.92 Å². The van der Waals surface area contributed by atoms with Gasteiger partial charge in [0.05, 0.1) is 6.10 Å². The Morgan fingerprint density at radius 2 is 2.05 bits per heavy atom. The molecule has 2 rings (SSSR count). The molecule has 1 aromatic rings. The van der Waals surface area contributed by atoms with Crippen LogP contribution in [0.25, 0.3) is 0 Å². The molecule has 1 fully saturated rings. The fourth-order valence-corrected chi connectivity index (χ4v) is 2.70. The molecule has 106 valence electrons. The van der Waals surface area contributed by atoms with Crippen LogP contribution >= 0.6 is 0 Å². The molecule has 3 heteroatoms. The van der Waals surface area contributed by atoms with Gasteiger partial charge < -0.3 is 15.3 Å². The maximum Gasteiger partial charge on any atom is 0.0574 e. The molecule has 0 atom stereocenters. The number of anilines is 1. The van der Waals surface area contributed by atoms with E-state index in [2.05, 4.69) is 42.3 Å². The summed E-state index contributed by atoms with van der Waals surface area (Å²) in [6.07, 6.45) is 2.85. The first-order chi connectivity index (χ1) is 9.20. The molecule has 0 aromatic heterocycles. The van der Waals surface area contributed by atoms with E-state index in [0.29, 0.717) is 0 Å². The molecule has 19 heavy (non-hydrogen) atoms. The van der Waals surface area contributed by atoms with Crippen LogP contribution in [-0.2, 0) is 6.54 Å². The van der Waals surface area contributed by atoms with E-state index in [1.54, 1.807) is 0 Å². The lowest BCUT2D eigenvalue weighted by Crippen LogP contribution is -2.36. The summed E-state index contributed by atoms with van der Waals surface area (Å²) in [5, 5.41) is 13.0. The van der Waals surface area contributed by atoms with E-state index in [-0.39, 0.29) is 6.10 Å². The third kappa shape index (κ3) is 3.95. The first-order valence-corrected chi connectivity index (χ1v) is 7.44. The van der Waals surface area contributed by atoms with Crippen molar-refractivity contribution in [2.45, 2.75) is 45.8 Å². The number of rotatable bonds is 5. The van der Waals surface area contributed by atoms with Gasteiger partial charge in [-0.05, 0) is 49.9 Å². The van der Waals surface area contributed by atoms with Gasteiger partial charge in [-0.15, -0.1) is 0 Å². The summed E-state index contributed by atoms with van der Waals surface area (Å²) < 4.78 is 0. The number of aryl methyl sites for hydroxylation is 1. The monoisotopic (exact) mass is 262 g/mol. The van der Waals surface area contributed by atoms with E-state index in [1.807, 2.05) is 0 Å². The molecule has 1 aliphatic heterocycles. The highest BCUT2D eigenvalue weighted by molar-refractivity contribution is 5.54. The quantitative estimate of drug-likeness (QED) is 0.800. The van der Waals surface area contributed by atoms with Crippen LogP contribution in [0.15, 0.2) is 18.2 Å². The third-order valence-corrected chi connectivity index (χ3v) is 3.82. The number of benzene rings is 1. The summed E-state index contributed by atoms with van der Waals surface area (Å²) in [5.74, 6) is 0. The summed E-state index contributed by atoms with van der Waals surface area (Å²) in [5.41, 5.74) is 4.02. The van der Waals surface area contributed by atoms with Crippen molar-refractivity contribution in [2.75, 3.05) is 24.5 Å². The average Bonchev–Trinajstić information content (AvgIpc) is 2.41. The largest absolute Gasteiger partial charge is 0.393 e. The molecular formula is C16H26N2O. The van der Waals surface area contributed by atoms with Gasteiger partial charge in [0.15, 0.2) is 0 Å². The van der Waals surface area contributed by atoms with Crippen LogP contribution in [0.2, 0.25) is 0 Å².